The number of phenolic OH excluding ortho intramolecular Hbond substituents is 1. The first-order chi connectivity index (χ1) is 9.11. The van der Waals surface area contributed by atoms with Crippen molar-refractivity contribution in [2.75, 3.05) is 0 Å². The molecule has 0 spiro atoms. The summed E-state index contributed by atoms with van der Waals surface area (Å²) < 4.78 is 0. The van der Waals surface area contributed by atoms with Gasteiger partial charge in [-0.25, -0.2) is 0 Å². The summed E-state index contributed by atoms with van der Waals surface area (Å²) in [5.41, 5.74) is 3.79. The van der Waals surface area contributed by atoms with Gasteiger partial charge in [0.1, 0.15) is 5.75 Å². The van der Waals surface area contributed by atoms with E-state index >= 15 is 0 Å². The van der Waals surface area contributed by atoms with Crippen molar-refractivity contribution < 1.29 is 10.2 Å². The van der Waals surface area contributed by atoms with Crippen LogP contribution in [0.2, 0.25) is 0 Å². The molecule has 0 amide bonds. The van der Waals surface area contributed by atoms with Crippen LogP contribution in [0.25, 0.3) is 0 Å². The van der Waals surface area contributed by atoms with Gasteiger partial charge in [-0.05, 0) is 40.3 Å². The molecule has 2 heteroatoms. The number of aliphatic hydroxyl groups excluding tert-OH is 1. The summed E-state index contributed by atoms with van der Waals surface area (Å²) in [6, 6.07) is 13.8. The summed E-state index contributed by atoms with van der Waals surface area (Å²) in [5.74, 6) is 0.595. The Kier molecular flexibility index (Phi) is 4.23. The third-order valence-corrected chi connectivity index (χ3v) is 3.32. The van der Waals surface area contributed by atoms with Gasteiger partial charge in [0.15, 0.2) is 0 Å². The maximum atomic E-state index is 10.4. The summed E-state index contributed by atoms with van der Waals surface area (Å²) in [4.78, 5) is 0. The van der Waals surface area contributed by atoms with Gasteiger partial charge >= 0.3 is 0 Å². The molecule has 0 fully saturated rings. The summed E-state index contributed by atoms with van der Waals surface area (Å²) >= 11 is 0. The van der Waals surface area contributed by atoms with Gasteiger partial charge in [-0.1, -0.05) is 44.2 Å². The van der Waals surface area contributed by atoms with E-state index in [0.29, 0.717) is 12.2 Å². The second-order valence-corrected chi connectivity index (χ2v) is 5.17. The Hall–Kier alpha value is -1.80. The molecule has 0 saturated heterocycles. The molecule has 0 bridgehead atoms. The van der Waals surface area contributed by atoms with Crippen LogP contribution in [0.5, 0.6) is 5.75 Å². The molecule has 2 aromatic carbocycles. The maximum absolute atomic E-state index is 10.4. The second kappa shape index (κ2) is 5.89. The van der Waals surface area contributed by atoms with Crippen molar-refractivity contribution in [3.05, 3.63) is 64.7 Å². The van der Waals surface area contributed by atoms with Gasteiger partial charge < -0.3 is 10.2 Å². The van der Waals surface area contributed by atoms with Gasteiger partial charge in [-0.3, -0.25) is 0 Å². The zero-order valence-electron chi connectivity index (χ0n) is 11.4. The van der Waals surface area contributed by atoms with Crippen molar-refractivity contribution in [2.45, 2.75) is 32.8 Å². The molecule has 2 rings (SSSR count). The zero-order valence-corrected chi connectivity index (χ0v) is 11.4. The highest BCUT2D eigenvalue weighted by Gasteiger charge is 2.13. The lowest BCUT2D eigenvalue weighted by Crippen LogP contribution is -1.98. The van der Waals surface area contributed by atoms with Crippen LogP contribution in [0.3, 0.4) is 0 Å². The van der Waals surface area contributed by atoms with Crippen molar-refractivity contribution >= 4 is 0 Å². The lowest BCUT2D eigenvalue weighted by molar-refractivity contribution is 0.281. The third kappa shape index (κ3) is 3.15. The van der Waals surface area contributed by atoms with E-state index in [9.17, 15) is 10.2 Å². The van der Waals surface area contributed by atoms with Crippen LogP contribution in [0, 0.1) is 0 Å². The number of phenols is 1. The largest absolute Gasteiger partial charge is 0.507 e. The molecule has 0 unspecified atom stereocenters. The predicted molar refractivity (Wildman–Crippen MR) is 77.4 cm³/mol. The minimum absolute atomic E-state index is 0.00178. The van der Waals surface area contributed by atoms with Gasteiger partial charge in [0.25, 0.3) is 0 Å². The van der Waals surface area contributed by atoms with E-state index < -0.39 is 0 Å². The maximum Gasteiger partial charge on any atom is 0.122 e. The molecule has 0 aliphatic rings. The molecule has 0 aromatic heterocycles. The average molecular weight is 256 g/mol. The molecule has 0 atom stereocenters. The first-order valence-corrected chi connectivity index (χ1v) is 6.61. The van der Waals surface area contributed by atoms with Gasteiger partial charge in [-0.2, -0.15) is 0 Å². The molecule has 100 valence electrons. The Morgan fingerprint density at radius 1 is 1.00 bits per heavy atom. The van der Waals surface area contributed by atoms with E-state index in [1.165, 1.54) is 0 Å². The van der Waals surface area contributed by atoms with Crippen LogP contribution in [0.15, 0.2) is 42.5 Å². The zero-order chi connectivity index (χ0) is 13.8. The highest BCUT2D eigenvalue weighted by Crippen LogP contribution is 2.32. The molecule has 0 aliphatic carbocycles. The van der Waals surface area contributed by atoms with Crippen LogP contribution >= 0.6 is 0 Å². The molecule has 2 N–H and O–H groups in total. The van der Waals surface area contributed by atoms with Gasteiger partial charge in [0.2, 0.25) is 0 Å². The van der Waals surface area contributed by atoms with Gasteiger partial charge in [0.05, 0.1) is 6.61 Å². The molecule has 2 nitrogen and oxygen atoms in total. The number of aliphatic hydroxyl groups is 1. The Bertz CT molecular complexity index is 545. The van der Waals surface area contributed by atoms with Gasteiger partial charge in [-0.15, -0.1) is 0 Å². The summed E-state index contributed by atoms with van der Waals surface area (Å²) in [7, 11) is 0. The van der Waals surface area contributed by atoms with Crippen molar-refractivity contribution in [2.24, 2.45) is 0 Å². The van der Waals surface area contributed by atoms with E-state index in [2.05, 4.69) is 0 Å². The predicted octanol–water partition coefficient (Wildman–Crippen LogP) is 3.60. The van der Waals surface area contributed by atoms with Crippen LogP contribution in [-0.4, -0.2) is 10.2 Å². The second-order valence-electron chi connectivity index (χ2n) is 5.17. The Labute approximate surface area is 114 Å². The van der Waals surface area contributed by atoms with E-state index in [1.54, 1.807) is 0 Å². The molecule has 0 heterocycles. The Balaban J connectivity index is 2.41. The molecule has 19 heavy (non-hydrogen) atoms. The average Bonchev–Trinajstić information content (AvgIpc) is 2.42. The van der Waals surface area contributed by atoms with Crippen LogP contribution in [-0.2, 0) is 13.0 Å². The highest BCUT2D eigenvalue weighted by atomic mass is 16.3. The van der Waals surface area contributed by atoms with Crippen LogP contribution in [0.1, 0.15) is 42.0 Å². The van der Waals surface area contributed by atoms with E-state index in [1.807, 2.05) is 56.3 Å². The molecular formula is C17H20O2. The standard InChI is InChI=1S/C17H20O2/c1-12(2)16-10-14(11-18)9-15(17(16)19)8-13-6-4-3-5-7-13/h3-7,9-10,12,18-19H,8,11H2,1-2H3. The summed E-state index contributed by atoms with van der Waals surface area (Å²) in [6.45, 7) is 4.09. The SMILES string of the molecule is CC(C)c1cc(CO)cc(Cc2ccccc2)c1O. The number of rotatable bonds is 4. The lowest BCUT2D eigenvalue weighted by atomic mass is 9.93. The van der Waals surface area contributed by atoms with Crippen molar-refractivity contribution in [3.63, 3.8) is 0 Å². The summed E-state index contributed by atoms with van der Waals surface area (Å²) in [6.07, 6.45) is 0.681. The van der Waals surface area contributed by atoms with Gasteiger partial charge in [0, 0.05) is 6.42 Å². The molecule has 0 saturated carbocycles. The topological polar surface area (TPSA) is 40.5 Å². The third-order valence-electron chi connectivity index (χ3n) is 3.32. The molecule has 0 aliphatic heterocycles. The van der Waals surface area contributed by atoms with Crippen LogP contribution in [0.4, 0.5) is 0 Å². The number of aromatic hydroxyl groups is 1. The molecular weight excluding hydrogens is 236 g/mol. The fraction of sp³-hybridized carbons (Fsp3) is 0.294. The van der Waals surface area contributed by atoms with Crippen LogP contribution < -0.4 is 0 Å². The Morgan fingerprint density at radius 3 is 2.26 bits per heavy atom. The van der Waals surface area contributed by atoms with E-state index in [4.69, 9.17) is 0 Å². The number of hydrogen-bond acceptors (Lipinski definition) is 2. The summed E-state index contributed by atoms with van der Waals surface area (Å²) in [5, 5.41) is 19.7. The fourth-order valence-corrected chi connectivity index (χ4v) is 2.27. The first-order valence-electron chi connectivity index (χ1n) is 6.61. The van der Waals surface area contributed by atoms with E-state index in [0.717, 1.165) is 22.3 Å². The Morgan fingerprint density at radius 2 is 1.68 bits per heavy atom. The first kappa shape index (κ1) is 13.6. The molecule has 2 aromatic rings. The number of benzene rings is 2. The van der Waals surface area contributed by atoms with Crippen molar-refractivity contribution in [3.8, 4) is 5.75 Å². The van der Waals surface area contributed by atoms with E-state index in [-0.39, 0.29) is 12.5 Å². The lowest BCUT2D eigenvalue weighted by Gasteiger charge is -2.15. The van der Waals surface area contributed by atoms with Crippen molar-refractivity contribution in [1.29, 1.82) is 0 Å². The fourth-order valence-electron chi connectivity index (χ4n) is 2.27. The monoisotopic (exact) mass is 256 g/mol. The number of hydrogen-bond donors (Lipinski definition) is 2. The minimum atomic E-state index is 0.00178. The normalized spacial score (nSPS) is 10.9. The smallest absolute Gasteiger partial charge is 0.122 e. The molecule has 0 radical (unpaired) electrons. The quantitative estimate of drug-likeness (QED) is 0.877. The minimum Gasteiger partial charge on any atom is -0.507 e. The van der Waals surface area contributed by atoms with Crippen molar-refractivity contribution in [1.82, 2.24) is 0 Å². The highest BCUT2D eigenvalue weighted by molar-refractivity contribution is 5.47.